The number of ether oxygens (including phenoxy) is 2. The van der Waals surface area contributed by atoms with Crippen LogP contribution >= 0.6 is 24.0 Å². The maximum Gasteiger partial charge on any atom is 0.248 e. The molecule has 0 atom stereocenters. The third-order valence-electron chi connectivity index (χ3n) is 4.45. The number of carbonyl (C=O) groups excluding carboxylic acids is 1. The van der Waals surface area contributed by atoms with Crippen LogP contribution in [-0.4, -0.2) is 51.4 Å². The number of nitrogens with zero attached hydrogens (tertiary/aromatic N) is 1. The second-order valence-corrected chi connectivity index (χ2v) is 6.67. The largest absolute Gasteiger partial charge is 0.381 e. The molecule has 1 aliphatic rings. The SMILES string of the molecule is CCNC(=NCc1ccc(C(N)=O)cc1)NCCCOCC1CCOCC1.I. The number of rotatable bonds is 10. The molecule has 28 heavy (non-hydrogen) atoms. The first kappa shape index (κ1) is 24.6. The molecule has 1 aromatic rings. The van der Waals surface area contributed by atoms with Crippen molar-refractivity contribution in [1.82, 2.24) is 10.6 Å². The summed E-state index contributed by atoms with van der Waals surface area (Å²) in [5.41, 5.74) is 6.79. The van der Waals surface area contributed by atoms with Crippen LogP contribution in [0, 0.1) is 5.92 Å². The molecule has 0 saturated carbocycles. The zero-order chi connectivity index (χ0) is 19.3. The molecule has 1 aliphatic heterocycles. The van der Waals surface area contributed by atoms with E-state index in [2.05, 4.69) is 15.6 Å². The van der Waals surface area contributed by atoms with Gasteiger partial charge in [0, 0.05) is 45.1 Å². The van der Waals surface area contributed by atoms with E-state index in [0.29, 0.717) is 18.0 Å². The van der Waals surface area contributed by atoms with Gasteiger partial charge in [-0.1, -0.05) is 12.1 Å². The van der Waals surface area contributed by atoms with E-state index in [1.165, 1.54) is 0 Å². The van der Waals surface area contributed by atoms with Gasteiger partial charge in [0.05, 0.1) is 6.54 Å². The number of aliphatic imine (C=N–C) groups is 1. The average Bonchev–Trinajstić information content (AvgIpc) is 2.69. The minimum atomic E-state index is -0.418. The van der Waals surface area contributed by atoms with Gasteiger partial charge in [-0.05, 0) is 49.8 Å². The molecule has 0 radical (unpaired) electrons. The third kappa shape index (κ3) is 9.70. The number of carbonyl (C=O) groups is 1. The highest BCUT2D eigenvalue weighted by Crippen LogP contribution is 2.14. The maximum atomic E-state index is 11.1. The molecule has 8 heteroatoms. The lowest BCUT2D eigenvalue weighted by Gasteiger charge is -2.21. The lowest BCUT2D eigenvalue weighted by molar-refractivity contribution is 0.0203. The van der Waals surface area contributed by atoms with Crippen molar-refractivity contribution in [1.29, 1.82) is 0 Å². The lowest BCUT2D eigenvalue weighted by Crippen LogP contribution is -2.38. The van der Waals surface area contributed by atoms with Crippen molar-refractivity contribution in [3.05, 3.63) is 35.4 Å². The van der Waals surface area contributed by atoms with E-state index in [1.807, 2.05) is 19.1 Å². The highest BCUT2D eigenvalue weighted by molar-refractivity contribution is 14.0. The van der Waals surface area contributed by atoms with Crippen LogP contribution in [0.1, 0.15) is 42.1 Å². The van der Waals surface area contributed by atoms with Crippen LogP contribution in [0.4, 0.5) is 0 Å². The van der Waals surface area contributed by atoms with Gasteiger partial charge in [-0.25, -0.2) is 4.99 Å². The van der Waals surface area contributed by atoms with Crippen LogP contribution in [0.2, 0.25) is 0 Å². The van der Waals surface area contributed by atoms with Gasteiger partial charge in [0.2, 0.25) is 5.91 Å². The molecule has 1 amide bonds. The number of hydrogen-bond acceptors (Lipinski definition) is 4. The Balaban J connectivity index is 0.00000392. The Morgan fingerprint density at radius 1 is 1.25 bits per heavy atom. The van der Waals surface area contributed by atoms with E-state index in [9.17, 15) is 4.79 Å². The van der Waals surface area contributed by atoms with Crippen molar-refractivity contribution in [2.24, 2.45) is 16.6 Å². The summed E-state index contributed by atoms with van der Waals surface area (Å²) in [7, 11) is 0. The highest BCUT2D eigenvalue weighted by Gasteiger charge is 2.13. The normalized spacial score (nSPS) is 15.0. The molecular weight excluding hydrogens is 471 g/mol. The zero-order valence-electron chi connectivity index (χ0n) is 16.6. The van der Waals surface area contributed by atoms with E-state index in [-0.39, 0.29) is 24.0 Å². The standard InChI is InChI=1S/C20H32N4O3.HI/c1-2-22-20(24-14-16-4-6-18(7-5-16)19(21)25)23-10-3-11-27-15-17-8-12-26-13-9-17;/h4-7,17H,2-3,8-15H2,1H3,(H2,21,25)(H2,22,23,24);1H. The molecule has 0 unspecified atom stereocenters. The summed E-state index contributed by atoms with van der Waals surface area (Å²) in [6.45, 7) is 7.49. The lowest BCUT2D eigenvalue weighted by atomic mass is 10.0. The molecular formula is C20H33IN4O3. The number of nitrogens with one attached hydrogen (secondary N) is 2. The summed E-state index contributed by atoms with van der Waals surface area (Å²) in [6.07, 6.45) is 3.15. The second-order valence-electron chi connectivity index (χ2n) is 6.67. The number of benzene rings is 1. The number of amides is 1. The number of nitrogens with two attached hydrogens (primary N) is 1. The van der Waals surface area contributed by atoms with E-state index < -0.39 is 5.91 Å². The summed E-state index contributed by atoms with van der Waals surface area (Å²) in [6, 6.07) is 7.20. The van der Waals surface area contributed by atoms with Gasteiger partial charge in [-0.15, -0.1) is 24.0 Å². The quantitative estimate of drug-likeness (QED) is 0.197. The Kier molecular flexibility index (Phi) is 12.8. The van der Waals surface area contributed by atoms with Crippen LogP contribution < -0.4 is 16.4 Å². The molecule has 2 rings (SSSR count). The molecule has 0 aromatic heterocycles. The monoisotopic (exact) mass is 504 g/mol. The van der Waals surface area contributed by atoms with E-state index >= 15 is 0 Å². The average molecular weight is 504 g/mol. The molecule has 7 nitrogen and oxygen atoms in total. The van der Waals surface area contributed by atoms with Gasteiger partial charge in [-0.3, -0.25) is 4.79 Å². The molecule has 4 N–H and O–H groups in total. The van der Waals surface area contributed by atoms with Gasteiger partial charge in [0.15, 0.2) is 5.96 Å². The van der Waals surface area contributed by atoms with Gasteiger partial charge in [0.1, 0.15) is 0 Å². The van der Waals surface area contributed by atoms with E-state index in [0.717, 1.165) is 70.3 Å². The fourth-order valence-electron chi connectivity index (χ4n) is 2.83. The highest BCUT2D eigenvalue weighted by atomic mass is 127. The van der Waals surface area contributed by atoms with E-state index in [4.69, 9.17) is 15.2 Å². The minimum absolute atomic E-state index is 0. The third-order valence-corrected chi connectivity index (χ3v) is 4.45. The van der Waals surface area contributed by atoms with Crippen LogP contribution in [0.15, 0.2) is 29.3 Å². The Hall–Kier alpha value is -1.39. The predicted octanol–water partition coefficient (Wildman–Crippen LogP) is 2.29. The van der Waals surface area contributed by atoms with Crippen molar-refractivity contribution in [2.45, 2.75) is 32.7 Å². The van der Waals surface area contributed by atoms with Crippen LogP contribution in [0.5, 0.6) is 0 Å². The van der Waals surface area contributed by atoms with Gasteiger partial charge in [0.25, 0.3) is 0 Å². The number of guanidine groups is 1. The number of hydrogen-bond donors (Lipinski definition) is 3. The van der Waals surface area contributed by atoms with Crippen LogP contribution in [-0.2, 0) is 16.0 Å². The molecule has 1 fully saturated rings. The van der Waals surface area contributed by atoms with Gasteiger partial charge in [-0.2, -0.15) is 0 Å². The zero-order valence-corrected chi connectivity index (χ0v) is 18.9. The summed E-state index contributed by atoms with van der Waals surface area (Å²) in [4.78, 5) is 15.7. The summed E-state index contributed by atoms with van der Waals surface area (Å²) in [5, 5.41) is 6.56. The summed E-state index contributed by atoms with van der Waals surface area (Å²) < 4.78 is 11.1. The second kappa shape index (κ2) is 14.6. The molecule has 0 aliphatic carbocycles. The fourth-order valence-corrected chi connectivity index (χ4v) is 2.83. The van der Waals surface area contributed by atoms with Crippen molar-refractivity contribution in [3.63, 3.8) is 0 Å². The van der Waals surface area contributed by atoms with Crippen molar-refractivity contribution in [3.8, 4) is 0 Å². The first-order valence-electron chi connectivity index (χ1n) is 9.75. The first-order chi connectivity index (χ1) is 13.2. The van der Waals surface area contributed by atoms with E-state index in [1.54, 1.807) is 12.1 Å². The minimum Gasteiger partial charge on any atom is -0.381 e. The predicted molar refractivity (Wildman–Crippen MR) is 122 cm³/mol. The molecule has 158 valence electrons. The Morgan fingerprint density at radius 3 is 2.61 bits per heavy atom. The fraction of sp³-hybridized carbons (Fsp3) is 0.600. The topological polar surface area (TPSA) is 98.0 Å². The van der Waals surface area contributed by atoms with Crippen molar-refractivity contribution in [2.75, 3.05) is 39.5 Å². The van der Waals surface area contributed by atoms with Crippen molar-refractivity contribution >= 4 is 35.8 Å². The first-order valence-corrected chi connectivity index (χ1v) is 9.75. The van der Waals surface area contributed by atoms with Gasteiger partial charge < -0.3 is 25.8 Å². The Morgan fingerprint density at radius 2 is 1.96 bits per heavy atom. The molecule has 1 saturated heterocycles. The molecule has 0 bridgehead atoms. The van der Waals surface area contributed by atoms with Crippen LogP contribution in [0.25, 0.3) is 0 Å². The maximum absolute atomic E-state index is 11.1. The molecule has 0 spiro atoms. The molecule has 1 heterocycles. The van der Waals surface area contributed by atoms with Crippen LogP contribution in [0.3, 0.4) is 0 Å². The van der Waals surface area contributed by atoms with Gasteiger partial charge >= 0.3 is 0 Å². The Bertz CT molecular complexity index is 590. The van der Waals surface area contributed by atoms with Crippen molar-refractivity contribution < 1.29 is 14.3 Å². The Labute approximate surface area is 184 Å². The summed E-state index contributed by atoms with van der Waals surface area (Å²) >= 11 is 0. The smallest absolute Gasteiger partial charge is 0.248 e. The molecule has 1 aromatic carbocycles. The number of halogens is 1. The summed E-state index contributed by atoms with van der Waals surface area (Å²) in [5.74, 6) is 1.01. The number of primary amides is 1.